The molecular formula is C18H29N3. The van der Waals surface area contributed by atoms with Gasteiger partial charge in [0.1, 0.15) is 0 Å². The maximum Gasteiger partial charge on any atom is 0.0208 e. The van der Waals surface area contributed by atoms with Crippen molar-refractivity contribution in [2.75, 3.05) is 32.7 Å². The zero-order valence-electron chi connectivity index (χ0n) is 13.1. The van der Waals surface area contributed by atoms with Crippen LogP contribution in [0.5, 0.6) is 0 Å². The molecule has 0 bridgehead atoms. The first kappa shape index (κ1) is 15.0. The Morgan fingerprint density at radius 1 is 1.00 bits per heavy atom. The molecule has 1 saturated heterocycles. The highest BCUT2D eigenvalue weighted by Gasteiger charge is 2.26. The maximum absolute atomic E-state index is 6.34. The van der Waals surface area contributed by atoms with E-state index >= 15 is 0 Å². The highest BCUT2D eigenvalue weighted by Crippen LogP contribution is 2.24. The van der Waals surface area contributed by atoms with Crippen molar-refractivity contribution in [3.63, 3.8) is 0 Å². The van der Waals surface area contributed by atoms with Crippen LogP contribution < -0.4 is 5.73 Å². The minimum atomic E-state index is 0.255. The van der Waals surface area contributed by atoms with Gasteiger partial charge in [0.05, 0.1) is 0 Å². The van der Waals surface area contributed by atoms with Crippen molar-refractivity contribution in [3.05, 3.63) is 35.9 Å². The zero-order chi connectivity index (χ0) is 14.5. The summed E-state index contributed by atoms with van der Waals surface area (Å²) in [4.78, 5) is 5.27. The third-order valence-corrected chi connectivity index (χ3v) is 5.08. The number of hydrogen-bond acceptors (Lipinski definition) is 3. The van der Waals surface area contributed by atoms with Gasteiger partial charge in [0.25, 0.3) is 0 Å². The van der Waals surface area contributed by atoms with Crippen LogP contribution in [0.25, 0.3) is 0 Å². The smallest absolute Gasteiger partial charge is 0.0208 e. The normalized spacial score (nSPS) is 23.5. The molecule has 3 heteroatoms. The SMILES string of the molecule is NC(Cc1ccccc1)CN1CCN(C2CCCC2)CC1. The van der Waals surface area contributed by atoms with E-state index in [4.69, 9.17) is 5.73 Å². The number of nitrogens with zero attached hydrogens (tertiary/aromatic N) is 2. The zero-order valence-corrected chi connectivity index (χ0v) is 13.1. The number of piperazine rings is 1. The Balaban J connectivity index is 1.40. The molecule has 0 aromatic heterocycles. The van der Waals surface area contributed by atoms with E-state index in [9.17, 15) is 0 Å². The fraction of sp³-hybridized carbons (Fsp3) is 0.667. The van der Waals surface area contributed by atoms with Crippen LogP contribution in [0.1, 0.15) is 31.2 Å². The van der Waals surface area contributed by atoms with Crippen molar-refractivity contribution >= 4 is 0 Å². The van der Waals surface area contributed by atoms with Gasteiger partial charge in [-0.25, -0.2) is 0 Å². The molecule has 1 aliphatic carbocycles. The Morgan fingerprint density at radius 3 is 2.33 bits per heavy atom. The Kier molecular flexibility index (Phi) is 5.28. The van der Waals surface area contributed by atoms with E-state index in [1.54, 1.807) is 0 Å². The third kappa shape index (κ3) is 4.29. The first-order chi connectivity index (χ1) is 10.3. The molecule has 21 heavy (non-hydrogen) atoms. The van der Waals surface area contributed by atoms with Crippen LogP contribution in [-0.4, -0.2) is 54.6 Å². The Bertz CT molecular complexity index is 406. The van der Waals surface area contributed by atoms with Crippen LogP contribution in [0.3, 0.4) is 0 Å². The van der Waals surface area contributed by atoms with Crippen molar-refractivity contribution in [1.29, 1.82) is 0 Å². The molecule has 1 aromatic rings. The van der Waals surface area contributed by atoms with E-state index in [-0.39, 0.29) is 6.04 Å². The summed E-state index contributed by atoms with van der Waals surface area (Å²) in [5.41, 5.74) is 7.69. The average Bonchev–Trinajstić information content (AvgIpc) is 3.03. The predicted molar refractivity (Wildman–Crippen MR) is 88.4 cm³/mol. The van der Waals surface area contributed by atoms with Gasteiger partial charge in [-0.3, -0.25) is 9.80 Å². The first-order valence-electron chi connectivity index (χ1n) is 8.57. The minimum absolute atomic E-state index is 0.255. The van der Waals surface area contributed by atoms with Crippen LogP contribution in [-0.2, 0) is 6.42 Å². The molecule has 0 spiro atoms. The lowest BCUT2D eigenvalue weighted by Crippen LogP contribution is -2.52. The lowest BCUT2D eigenvalue weighted by Gasteiger charge is -2.38. The molecule has 1 aromatic carbocycles. The molecule has 3 rings (SSSR count). The van der Waals surface area contributed by atoms with Gasteiger partial charge in [-0.1, -0.05) is 43.2 Å². The lowest BCUT2D eigenvalue weighted by atomic mass is 10.1. The van der Waals surface area contributed by atoms with Gasteiger partial charge >= 0.3 is 0 Å². The Labute approximate surface area is 129 Å². The van der Waals surface area contributed by atoms with Crippen LogP contribution in [0.2, 0.25) is 0 Å². The Hall–Kier alpha value is -0.900. The van der Waals surface area contributed by atoms with Crippen LogP contribution >= 0.6 is 0 Å². The molecular weight excluding hydrogens is 258 g/mol. The highest BCUT2D eigenvalue weighted by molar-refractivity contribution is 5.15. The molecule has 1 aliphatic heterocycles. The molecule has 1 unspecified atom stereocenters. The largest absolute Gasteiger partial charge is 0.326 e. The molecule has 2 fully saturated rings. The number of hydrogen-bond donors (Lipinski definition) is 1. The molecule has 1 saturated carbocycles. The van der Waals surface area contributed by atoms with Crippen LogP contribution in [0.15, 0.2) is 30.3 Å². The van der Waals surface area contributed by atoms with E-state index < -0.39 is 0 Å². The molecule has 0 radical (unpaired) electrons. The number of nitrogens with two attached hydrogens (primary N) is 1. The maximum atomic E-state index is 6.34. The lowest BCUT2D eigenvalue weighted by molar-refractivity contribution is 0.0942. The molecule has 1 heterocycles. The Morgan fingerprint density at radius 2 is 1.67 bits per heavy atom. The second-order valence-electron chi connectivity index (χ2n) is 6.72. The molecule has 0 amide bonds. The van der Waals surface area contributed by atoms with Crippen molar-refractivity contribution in [1.82, 2.24) is 9.80 Å². The van der Waals surface area contributed by atoms with E-state index in [0.717, 1.165) is 19.0 Å². The van der Waals surface area contributed by atoms with Crippen molar-refractivity contribution in [2.45, 2.75) is 44.2 Å². The number of rotatable bonds is 5. The van der Waals surface area contributed by atoms with E-state index in [2.05, 4.69) is 40.1 Å². The van der Waals surface area contributed by atoms with Crippen LogP contribution in [0, 0.1) is 0 Å². The monoisotopic (exact) mass is 287 g/mol. The van der Waals surface area contributed by atoms with Gasteiger partial charge in [-0.15, -0.1) is 0 Å². The summed E-state index contributed by atoms with van der Waals surface area (Å²) >= 11 is 0. The van der Waals surface area contributed by atoms with E-state index in [1.165, 1.54) is 57.4 Å². The summed E-state index contributed by atoms with van der Waals surface area (Å²) < 4.78 is 0. The molecule has 3 nitrogen and oxygen atoms in total. The fourth-order valence-corrected chi connectivity index (χ4v) is 3.89. The van der Waals surface area contributed by atoms with Crippen molar-refractivity contribution in [3.8, 4) is 0 Å². The van der Waals surface area contributed by atoms with Gasteiger partial charge in [0.2, 0.25) is 0 Å². The molecule has 2 N–H and O–H groups in total. The summed E-state index contributed by atoms with van der Waals surface area (Å²) in [6.07, 6.45) is 6.71. The summed E-state index contributed by atoms with van der Waals surface area (Å²) in [5, 5.41) is 0. The summed E-state index contributed by atoms with van der Waals surface area (Å²) in [5.74, 6) is 0. The van der Waals surface area contributed by atoms with Crippen molar-refractivity contribution in [2.24, 2.45) is 5.73 Å². The highest BCUT2D eigenvalue weighted by atomic mass is 15.3. The second kappa shape index (κ2) is 7.39. The summed E-state index contributed by atoms with van der Waals surface area (Å²) in [6.45, 7) is 5.90. The van der Waals surface area contributed by atoms with Crippen LogP contribution in [0.4, 0.5) is 0 Å². The minimum Gasteiger partial charge on any atom is -0.326 e. The molecule has 2 aliphatic rings. The van der Waals surface area contributed by atoms with E-state index in [0.29, 0.717) is 0 Å². The molecule has 116 valence electrons. The topological polar surface area (TPSA) is 32.5 Å². The van der Waals surface area contributed by atoms with Gasteiger partial charge in [0.15, 0.2) is 0 Å². The number of benzene rings is 1. The molecule has 1 atom stereocenters. The van der Waals surface area contributed by atoms with Crippen molar-refractivity contribution < 1.29 is 0 Å². The average molecular weight is 287 g/mol. The standard InChI is InChI=1S/C18H29N3/c19-17(14-16-6-2-1-3-7-16)15-20-10-12-21(13-11-20)18-8-4-5-9-18/h1-3,6-7,17-18H,4-5,8-15,19H2. The summed E-state index contributed by atoms with van der Waals surface area (Å²) in [6, 6.07) is 11.8. The quantitative estimate of drug-likeness (QED) is 0.900. The van der Waals surface area contributed by atoms with Gasteiger partial charge in [0, 0.05) is 44.8 Å². The fourth-order valence-electron chi connectivity index (χ4n) is 3.89. The van der Waals surface area contributed by atoms with Gasteiger partial charge < -0.3 is 5.73 Å². The first-order valence-corrected chi connectivity index (χ1v) is 8.57. The van der Waals surface area contributed by atoms with E-state index in [1.807, 2.05) is 0 Å². The second-order valence-corrected chi connectivity index (χ2v) is 6.72. The predicted octanol–water partition coefficient (Wildman–Crippen LogP) is 2.12. The van der Waals surface area contributed by atoms with Gasteiger partial charge in [-0.05, 0) is 24.8 Å². The summed E-state index contributed by atoms with van der Waals surface area (Å²) in [7, 11) is 0. The third-order valence-electron chi connectivity index (χ3n) is 5.08. The van der Waals surface area contributed by atoms with Gasteiger partial charge in [-0.2, -0.15) is 0 Å².